The number of carboxylic acids is 1. The lowest BCUT2D eigenvalue weighted by Gasteiger charge is -2.23. The van der Waals surface area contributed by atoms with Gasteiger partial charge in [-0.25, -0.2) is 9.78 Å². The molecular formula is C26H24N2O4. The number of aliphatic hydroxyl groups excluding tert-OH is 1. The molecule has 0 bridgehead atoms. The van der Waals surface area contributed by atoms with Crippen molar-refractivity contribution in [1.29, 1.82) is 0 Å². The van der Waals surface area contributed by atoms with Crippen LogP contribution < -0.4 is 10.1 Å². The van der Waals surface area contributed by atoms with E-state index in [1.54, 1.807) is 12.1 Å². The number of aliphatic carboxylic acids is 1. The zero-order valence-electron chi connectivity index (χ0n) is 17.6. The van der Waals surface area contributed by atoms with Crippen molar-refractivity contribution in [2.75, 3.05) is 5.32 Å². The minimum Gasteiger partial charge on any atom is -0.487 e. The van der Waals surface area contributed by atoms with Gasteiger partial charge in [0.2, 0.25) is 0 Å². The zero-order chi connectivity index (χ0) is 22.5. The number of nitrogens with one attached hydrogen (secondary N) is 1. The molecule has 2 atom stereocenters. The van der Waals surface area contributed by atoms with Crippen LogP contribution in [0.5, 0.6) is 5.75 Å². The number of aryl methyl sites for hydroxylation is 1. The van der Waals surface area contributed by atoms with Gasteiger partial charge in [-0.1, -0.05) is 60.2 Å². The fourth-order valence-corrected chi connectivity index (χ4v) is 3.46. The smallest absolute Gasteiger partial charge is 0.335 e. The lowest BCUT2D eigenvalue weighted by atomic mass is 9.99. The number of hydrogen-bond acceptors (Lipinski definition) is 5. The number of nitrogens with zero attached hydrogens (tertiary/aromatic N) is 1. The van der Waals surface area contributed by atoms with Gasteiger partial charge in [0, 0.05) is 17.1 Å². The summed E-state index contributed by atoms with van der Waals surface area (Å²) in [6.45, 7) is 2.25. The van der Waals surface area contributed by atoms with E-state index in [-0.39, 0.29) is 0 Å². The molecule has 32 heavy (non-hydrogen) atoms. The Morgan fingerprint density at radius 1 is 1.00 bits per heavy atom. The molecule has 0 saturated carbocycles. The molecule has 0 unspecified atom stereocenters. The first kappa shape index (κ1) is 21.3. The second kappa shape index (κ2) is 9.49. The van der Waals surface area contributed by atoms with E-state index >= 15 is 0 Å². The van der Waals surface area contributed by atoms with Crippen LogP contribution in [0.15, 0.2) is 84.9 Å². The molecule has 3 N–H and O–H groups in total. The van der Waals surface area contributed by atoms with Crippen molar-refractivity contribution in [3.05, 3.63) is 102 Å². The molecule has 0 amide bonds. The summed E-state index contributed by atoms with van der Waals surface area (Å²) in [4.78, 5) is 16.1. The van der Waals surface area contributed by atoms with Gasteiger partial charge < -0.3 is 20.3 Å². The maximum Gasteiger partial charge on any atom is 0.335 e. The summed E-state index contributed by atoms with van der Waals surface area (Å²) in [6, 6.07) is 25.6. The highest BCUT2D eigenvalue weighted by molar-refractivity contribution is 5.78. The predicted octanol–water partition coefficient (Wildman–Crippen LogP) is 4.72. The predicted molar refractivity (Wildman–Crippen MR) is 124 cm³/mol. The molecule has 3 aromatic carbocycles. The molecular weight excluding hydrogens is 404 g/mol. The number of rotatable bonds is 8. The number of hydrogen-bond donors (Lipinski definition) is 3. The van der Waals surface area contributed by atoms with Gasteiger partial charge in [0.15, 0.2) is 6.10 Å². The summed E-state index contributed by atoms with van der Waals surface area (Å²) >= 11 is 0. The molecule has 6 nitrogen and oxygen atoms in total. The molecule has 0 aliphatic carbocycles. The third-order valence-electron chi connectivity index (χ3n) is 5.20. The molecule has 4 rings (SSSR count). The Morgan fingerprint density at radius 2 is 1.78 bits per heavy atom. The molecule has 0 radical (unpaired) electrons. The number of aromatic nitrogens is 1. The average Bonchev–Trinajstić information content (AvgIpc) is 2.81. The first-order chi connectivity index (χ1) is 15.5. The van der Waals surface area contributed by atoms with Crippen LogP contribution in [0.4, 0.5) is 5.69 Å². The maximum absolute atomic E-state index is 11.5. The van der Waals surface area contributed by atoms with E-state index in [2.05, 4.69) is 10.3 Å². The Labute approximate surface area is 186 Å². The largest absolute Gasteiger partial charge is 0.487 e. The second-order valence-electron chi connectivity index (χ2n) is 7.63. The van der Waals surface area contributed by atoms with Crippen molar-refractivity contribution in [1.82, 2.24) is 4.98 Å². The Bertz CT molecular complexity index is 1220. The van der Waals surface area contributed by atoms with Gasteiger partial charge in [-0.15, -0.1) is 0 Å². The topological polar surface area (TPSA) is 91.7 Å². The van der Waals surface area contributed by atoms with Crippen LogP contribution in [0.3, 0.4) is 0 Å². The van der Waals surface area contributed by atoms with Crippen molar-refractivity contribution >= 4 is 22.6 Å². The van der Waals surface area contributed by atoms with Crippen LogP contribution in [-0.4, -0.2) is 27.3 Å². The molecule has 6 heteroatoms. The van der Waals surface area contributed by atoms with Gasteiger partial charge in [-0.3, -0.25) is 0 Å². The highest BCUT2D eigenvalue weighted by atomic mass is 16.5. The van der Waals surface area contributed by atoms with Crippen molar-refractivity contribution < 1.29 is 19.7 Å². The molecule has 1 aromatic heterocycles. The normalized spacial score (nSPS) is 12.8. The first-order valence-corrected chi connectivity index (χ1v) is 10.3. The molecule has 0 aliphatic heterocycles. The summed E-state index contributed by atoms with van der Waals surface area (Å²) in [5.41, 5.74) is 4.08. The maximum atomic E-state index is 11.5. The SMILES string of the molecule is Cc1ccc([C@H](Nc2cccc(OCc3ccc4ccccc4n3)c2)[C@H](O)C(=O)O)cc1. The second-order valence-corrected chi connectivity index (χ2v) is 7.63. The molecule has 4 aromatic rings. The zero-order valence-corrected chi connectivity index (χ0v) is 17.6. The van der Waals surface area contributed by atoms with E-state index in [9.17, 15) is 15.0 Å². The van der Waals surface area contributed by atoms with E-state index < -0.39 is 18.1 Å². The van der Waals surface area contributed by atoms with Crippen molar-refractivity contribution in [3.63, 3.8) is 0 Å². The van der Waals surface area contributed by atoms with Gasteiger partial charge in [-0.2, -0.15) is 0 Å². The molecule has 1 heterocycles. The number of benzene rings is 3. The van der Waals surface area contributed by atoms with E-state index in [0.717, 1.165) is 22.2 Å². The van der Waals surface area contributed by atoms with Gasteiger partial charge in [0.1, 0.15) is 12.4 Å². The number of fused-ring (bicyclic) bond motifs is 1. The third-order valence-corrected chi connectivity index (χ3v) is 5.20. The number of aliphatic hydroxyl groups is 1. The van der Waals surface area contributed by atoms with Crippen LogP contribution in [0.25, 0.3) is 10.9 Å². The average molecular weight is 428 g/mol. The van der Waals surface area contributed by atoms with Crippen LogP contribution in [0, 0.1) is 6.92 Å². The first-order valence-electron chi connectivity index (χ1n) is 10.3. The number of carbonyl (C=O) groups is 1. The van der Waals surface area contributed by atoms with E-state index in [4.69, 9.17) is 4.74 Å². The van der Waals surface area contributed by atoms with Crippen LogP contribution in [-0.2, 0) is 11.4 Å². The summed E-state index contributed by atoms with van der Waals surface area (Å²) in [5, 5.41) is 23.8. The Balaban J connectivity index is 1.50. The van der Waals surface area contributed by atoms with Gasteiger partial charge in [0.05, 0.1) is 17.3 Å². The summed E-state index contributed by atoms with van der Waals surface area (Å²) in [7, 11) is 0. The van der Waals surface area contributed by atoms with Crippen LogP contribution in [0.2, 0.25) is 0 Å². The summed E-state index contributed by atoms with van der Waals surface area (Å²) < 4.78 is 5.91. The molecule has 162 valence electrons. The Kier molecular flexibility index (Phi) is 6.33. The number of para-hydroxylation sites is 1. The minimum absolute atomic E-state index is 0.299. The standard InChI is InChI=1S/C26H24N2O4/c1-17-9-11-19(12-10-17)24(25(29)26(30)31)28-20-6-4-7-22(15-20)32-16-21-14-13-18-5-2-3-8-23(18)27-21/h2-15,24-25,28-29H,16H2,1H3,(H,30,31)/t24-,25-/m0/s1. The summed E-state index contributed by atoms with van der Waals surface area (Å²) in [5.74, 6) is -0.685. The molecule has 0 saturated heterocycles. The van der Waals surface area contributed by atoms with Crippen molar-refractivity contribution in [2.45, 2.75) is 25.7 Å². The fraction of sp³-hybridized carbons (Fsp3) is 0.154. The van der Waals surface area contributed by atoms with Gasteiger partial charge >= 0.3 is 5.97 Å². The monoisotopic (exact) mass is 428 g/mol. The quantitative estimate of drug-likeness (QED) is 0.376. The van der Waals surface area contributed by atoms with E-state index in [1.807, 2.05) is 79.7 Å². The molecule has 0 spiro atoms. The number of carboxylic acid groups (broad SMARTS) is 1. The van der Waals surface area contributed by atoms with Crippen LogP contribution >= 0.6 is 0 Å². The minimum atomic E-state index is -1.61. The molecule has 0 aliphatic rings. The van der Waals surface area contributed by atoms with Crippen molar-refractivity contribution in [3.8, 4) is 5.75 Å². The van der Waals surface area contributed by atoms with Gasteiger partial charge in [-0.05, 0) is 36.8 Å². The van der Waals surface area contributed by atoms with Crippen LogP contribution in [0.1, 0.15) is 22.9 Å². The lowest BCUT2D eigenvalue weighted by molar-refractivity contribution is -0.147. The number of anilines is 1. The fourth-order valence-electron chi connectivity index (χ4n) is 3.46. The highest BCUT2D eigenvalue weighted by Gasteiger charge is 2.27. The highest BCUT2D eigenvalue weighted by Crippen LogP contribution is 2.26. The summed E-state index contributed by atoms with van der Waals surface area (Å²) in [6.07, 6.45) is -1.61. The van der Waals surface area contributed by atoms with Crippen molar-refractivity contribution in [2.24, 2.45) is 0 Å². The van der Waals surface area contributed by atoms with E-state index in [0.29, 0.717) is 23.6 Å². The molecule has 0 fully saturated rings. The van der Waals surface area contributed by atoms with Gasteiger partial charge in [0.25, 0.3) is 0 Å². The van der Waals surface area contributed by atoms with E-state index in [1.165, 1.54) is 0 Å². The third kappa shape index (κ3) is 5.04. The number of ether oxygens (including phenoxy) is 1. The Hall–Kier alpha value is -3.90. The Morgan fingerprint density at radius 3 is 2.56 bits per heavy atom. The lowest BCUT2D eigenvalue weighted by Crippen LogP contribution is -2.32. The number of pyridine rings is 1.